The molecule has 2 heteroatoms. The van der Waals surface area contributed by atoms with E-state index in [0.717, 1.165) is 31.0 Å². The van der Waals surface area contributed by atoms with Crippen molar-refractivity contribution in [3.63, 3.8) is 0 Å². The van der Waals surface area contributed by atoms with Gasteiger partial charge < -0.3 is 10.1 Å². The standard InChI is InChI=1S/C12H23NO/c1-10-9-13-5-2-12(10)8-11-3-6-14-7-4-11/h10-13H,2-9H2,1H3/t10-,12-/m0/s1. The summed E-state index contributed by atoms with van der Waals surface area (Å²) in [5.74, 6) is 2.81. The smallest absolute Gasteiger partial charge is 0.0468 e. The molecule has 0 aromatic carbocycles. The SMILES string of the molecule is C[C@H]1CNCC[C@H]1CC1CCOCC1. The molecular formula is C12H23NO. The summed E-state index contributed by atoms with van der Waals surface area (Å²) in [5.41, 5.74) is 0. The number of hydrogen-bond acceptors (Lipinski definition) is 2. The predicted molar refractivity (Wildman–Crippen MR) is 58.3 cm³/mol. The summed E-state index contributed by atoms with van der Waals surface area (Å²) >= 11 is 0. The third-order valence-electron chi connectivity index (χ3n) is 3.94. The van der Waals surface area contributed by atoms with Crippen molar-refractivity contribution in [3.05, 3.63) is 0 Å². The maximum Gasteiger partial charge on any atom is 0.0468 e. The van der Waals surface area contributed by atoms with Gasteiger partial charge in [-0.2, -0.15) is 0 Å². The van der Waals surface area contributed by atoms with Crippen LogP contribution in [0.2, 0.25) is 0 Å². The van der Waals surface area contributed by atoms with Gasteiger partial charge in [0.25, 0.3) is 0 Å². The lowest BCUT2D eigenvalue weighted by molar-refractivity contribution is 0.0527. The molecule has 0 bridgehead atoms. The van der Waals surface area contributed by atoms with Crippen LogP contribution >= 0.6 is 0 Å². The van der Waals surface area contributed by atoms with E-state index in [9.17, 15) is 0 Å². The van der Waals surface area contributed by atoms with Crippen LogP contribution in [0.4, 0.5) is 0 Å². The molecule has 2 nitrogen and oxygen atoms in total. The Labute approximate surface area is 87.4 Å². The number of hydrogen-bond donors (Lipinski definition) is 1. The number of piperidine rings is 1. The van der Waals surface area contributed by atoms with Crippen LogP contribution in [0, 0.1) is 17.8 Å². The largest absolute Gasteiger partial charge is 0.381 e. The molecule has 2 aliphatic rings. The lowest BCUT2D eigenvalue weighted by Gasteiger charge is -2.33. The van der Waals surface area contributed by atoms with Crippen molar-refractivity contribution in [3.8, 4) is 0 Å². The van der Waals surface area contributed by atoms with Crippen LogP contribution in [-0.2, 0) is 4.74 Å². The Morgan fingerprint density at radius 1 is 1.21 bits per heavy atom. The Hall–Kier alpha value is -0.0800. The van der Waals surface area contributed by atoms with Crippen molar-refractivity contribution in [1.29, 1.82) is 0 Å². The van der Waals surface area contributed by atoms with Crippen molar-refractivity contribution >= 4 is 0 Å². The van der Waals surface area contributed by atoms with Crippen LogP contribution in [0.1, 0.15) is 32.6 Å². The van der Waals surface area contributed by atoms with Gasteiger partial charge in [0.05, 0.1) is 0 Å². The Kier molecular flexibility index (Phi) is 3.82. The van der Waals surface area contributed by atoms with Crippen LogP contribution in [0.5, 0.6) is 0 Å². The summed E-state index contributed by atoms with van der Waals surface area (Å²) in [5, 5.41) is 3.48. The first-order valence-corrected chi connectivity index (χ1v) is 6.14. The van der Waals surface area contributed by atoms with Crippen molar-refractivity contribution < 1.29 is 4.74 Å². The lowest BCUT2D eigenvalue weighted by atomic mass is 9.79. The Bertz CT molecular complexity index is 166. The third kappa shape index (κ3) is 2.71. The van der Waals surface area contributed by atoms with Gasteiger partial charge in [0.1, 0.15) is 0 Å². The molecular weight excluding hydrogens is 174 g/mol. The normalized spacial score (nSPS) is 35.8. The average Bonchev–Trinajstić information content (AvgIpc) is 2.23. The topological polar surface area (TPSA) is 21.3 Å². The first kappa shape index (κ1) is 10.4. The zero-order valence-corrected chi connectivity index (χ0v) is 9.30. The molecule has 2 heterocycles. The summed E-state index contributed by atoms with van der Waals surface area (Å²) in [6, 6.07) is 0. The average molecular weight is 197 g/mol. The van der Waals surface area contributed by atoms with Gasteiger partial charge in [-0.15, -0.1) is 0 Å². The second kappa shape index (κ2) is 5.13. The zero-order valence-electron chi connectivity index (χ0n) is 9.30. The number of rotatable bonds is 2. The fraction of sp³-hybridized carbons (Fsp3) is 1.00. The van der Waals surface area contributed by atoms with Crippen molar-refractivity contribution in [2.45, 2.75) is 32.6 Å². The van der Waals surface area contributed by atoms with Crippen molar-refractivity contribution in [2.24, 2.45) is 17.8 Å². The van der Waals surface area contributed by atoms with Crippen LogP contribution < -0.4 is 5.32 Å². The monoisotopic (exact) mass is 197 g/mol. The van der Waals surface area contributed by atoms with Crippen LogP contribution in [0.25, 0.3) is 0 Å². The number of nitrogens with one attached hydrogen (secondary N) is 1. The summed E-state index contributed by atoms with van der Waals surface area (Å²) in [4.78, 5) is 0. The molecule has 2 saturated heterocycles. The maximum atomic E-state index is 5.40. The molecule has 2 rings (SSSR count). The highest BCUT2D eigenvalue weighted by molar-refractivity contribution is 4.78. The fourth-order valence-electron chi connectivity index (χ4n) is 2.83. The van der Waals surface area contributed by atoms with Gasteiger partial charge in [-0.05, 0) is 56.5 Å². The van der Waals surface area contributed by atoms with E-state index in [1.54, 1.807) is 0 Å². The molecule has 2 aliphatic heterocycles. The first-order valence-electron chi connectivity index (χ1n) is 6.14. The molecule has 2 fully saturated rings. The molecule has 14 heavy (non-hydrogen) atoms. The second-order valence-corrected chi connectivity index (χ2v) is 5.02. The van der Waals surface area contributed by atoms with Gasteiger partial charge >= 0.3 is 0 Å². The molecule has 0 aliphatic carbocycles. The predicted octanol–water partition coefficient (Wildman–Crippen LogP) is 2.05. The Balaban J connectivity index is 1.76. The van der Waals surface area contributed by atoms with Gasteiger partial charge in [-0.3, -0.25) is 0 Å². The first-order chi connectivity index (χ1) is 6.86. The van der Waals surface area contributed by atoms with E-state index in [0.29, 0.717) is 0 Å². The van der Waals surface area contributed by atoms with E-state index in [2.05, 4.69) is 12.2 Å². The number of ether oxygens (including phenoxy) is 1. The highest BCUT2D eigenvalue weighted by Crippen LogP contribution is 2.30. The van der Waals surface area contributed by atoms with Crippen LogP contribution in [-0.4, -0.2) is 26.3 Å². The van der Waals surface area contributed by atoms with E-state index < -0.39 is 0 Å². The maximum absolute atomic E-state index is 5.40. The molecule has 0 spiro atoms. The lowest BCUT2D eigenvalue weighted by Crippen LogP contribution is -2.36. The van der Waals surface area contributed by atoms with Gasteiger partial charge in [-0.1, -0.05) is 6.92 Å². The molecule has 1 N–H and O–H groups in total. The summed E-state index contributed by atoms with van der Waals surface area (Å²) in [6.45, 7) is 6.87. The summed E-state index contributed by atoms with van der Waals surface area (Å²) < 4.78 is 5.40. The van der Waals surface area contributed by atoms with E-state index in [1.165, 1.54) is 38.8 Å². The minimum absolute atomic E-state index is 0.881. The summed E-state index contributed by atoms with van der Waals surface area (Å²) in [6.07, 6.45) is 5.44. The highest BCUT2D eigenvalue weighted by atomic mass is 16.5. The van der Waals surface area contributed by atoms with E-state index >= 15 is 0 Å². The fourth-order valence-corrected chi connectivity index (χ4v) is 2.83. The second-order valence-electron chi connectivity index (χ2n) is 5.02. The summed E-state index contributed by atoms with van der Waals surface area (Å²) in [7, 11) is 0. The molecule has 0 radical (unpaired) electrons. The Morgan fingerprint density at radius 2 is 2.00 bits per heavy atom. The quantitative estimate of drug-likeness (QED) is 0.731. The zero-order chi connectivity index (χ0) is 9.80. The highest BCUT2D eigenvalue weighted by Gasteiger charge is 2.25. The van der Waals surface area contributed by atoms with Gasteiger partial charge in [-0.25, -0.2) is 0 Å². The van der Waals surface area contributed by atoms with Crippen LogP contribution in [0.15, 0.2) is 0 Å². The van der Waals surface area contributed by atoms with Gasteiger partial charge in [0, 0.05) is 13.2 Å². The Morgan fingerprint density at radius 3 is 2.71 bits per heavy atom. The molecule has 0 aromatic rings. The van der Waals surface area contributed by atoms with E-state index in [4.69, 9.17) is 4.74 Å². The van der Waals surface area contributed by atoms with Crippen molar-refractivity contribution in [1.82, 2.24) is 5.32 Å². The molecule has 82 valence electrons. The minimum Gasteiger partial charge on any atom is -0.381 e. The molecule has 0 amide bonds. The molecule has 0 aromatic heterocycles. The van der Waals surface area contributed by atoms with E-state index in [1.807, 2.05) is 0 Å². The molecule has 0 unspecified atom stereocenters. The van der Waals surface area contributed by atoms with Gasteiger partial charge in [0.15, 0.2) is 0 Å². The van der Waals surface area contributed by atoms with E-state index in [-0.39, 0.29) is 0 Å². The van der Waals surface area contributed by atoms with Gasteiger partial charge in [0.2, 0.25) is 0 Å². The van der Waals surface area contributed by atoms with Crippen molar-refractivity contribution in [2.75, 3.05) is 26.3 Å². The van der Waals surface area contributed by atoms with Crippen LogP contribution in [0.3, 0.4) is 0 Å². The third-order valence-corrected chi connectivity index (χ3v) is 3.94. The molecule has 0 saturated carbocycles. The molecule has 2 atom stereocenters. The minimum atomic E-state index is 0.881.